The van der Waals surface area contributed by atoms with Crippen molar-refractivity contribution in [2.24, 2.45) is 16.7 Å². The number of aromatic nitrogens is 1. The van der Waals surface area contributed by atoms with Gasteiger partial charge in [-0.1, -0.05) is 36.4 Å². The van der Waals surface area contributed by atoms with Crippen LogP contribution in [0.4, 0.5) is 0 Å². The summed E-state index contributed by atoms with van der Waals surface area (Å²) < 4.78 is 0. The lowest BCUT2D eigenvalue weighted by Gasteiger charge is -1.99. The number of hydrazone groups is 1. The Morgan fingerprint density at radius 3 is 2.45 bits per heavy atom. The zero-order chi connectivity index (χ0) is 14.8. The number of nitrogens with one attached hydrogen (secondary N) is 2. The Hall–Kier alpha value is -2.79. The van der Waals surface area contributed by atoms with Crippen LogP contribution >= 0.6 is 12.4 Å². The zero-order valence-corrected chi connectivity index (χ0v) is 12.5. The Morgan fingerprint density at radius 2 is 1.82 bits per heavy atom. The van der Waals surface area contributed by atoms with Gasteiger partial charge in [-0.3, -0.25) is 5.41 Å². The molecule has 3 aromatic rings. The second-order valence-corrected chi connectivity index (χ2v) is 4.80. The summed E-state index contributed by atoms with van der Waals surface area (Å²) in [5, 5.41) is 12.1. The van der Waals surface area contributed by atoms with Crippen molar-refractivity contribution in [3.05, 3.63) is 59.7 Å². The van der Waals surface area contributed by atoms with Crippen LogP contribution in [-0.4, -0.2) is 17.0 Å². The molecule has 1 heterocycles. The molecule has 6 heteroatoms. The Bertz CT molecular complexity index is 833. The maximum absolute atomic E-state index is 7.49. The fraction of sp³-hybridized carbons (Fsp3) is 0. The molecule has 0 fully saturated rings. The first-order valence-electron chi connectivity index (χ1n) is 6.48. The number of amidine groups is 1. The summed E-state index contributed by atoms with van der Waals surface area (Å²) in [5.74, 6) is 5.20. The molecule has 0 amide bonds. The summed E-state index contributed by atoms with van der Waals surface area (Å²) in [6, 6.07) is 15.7. The van der Waals surface area contributed by atoms with E-state index in [2.05, 4.69) is 16.2 Å². The van der Waals surface area contributed by atoms with E-state index in [0.29, 0.717) is 5.56 Å². The van der Waals surface area contributed by atoms with Crippen LogP contribution in [0.2, 0.25) is 0 Å². The monoisotopic (exact) mass is 313 g/mol. The topological polar surface area (TPSA) is 104 Å². The molecule has 2 aromatic carbocycles. The largest absolute Gasteiger partial charge is 0.384 e. The summed E-state index contributed by atoms with van der Waals surface area (Å²) >= 11 is 0. The number of hydrogen-bond donors (Lipinski definition) is 4. The number of benzene rings is 2. The minimum atomic E-state index is 0. The lowest BCUT2D eigenvalue weighted by molar-refractivity contribution is 1.26. The maximum atomic E-state index is 7.49. The fourth-order valence-corrected chi connectivity index (χ4v) is 2.28. The summed E-state index contributed by atoms with van der Waals surface area (Å²) in [6.07, 6.45) is 1.61. The van der Waals surface area contributed by atoms with Crippen LogP contribution in [0.25, 0.3) is 22.2 Å². The van der Waals surface area contributed by atoms with Crippen molar-refractivity contribution in [3.8, 4) is 11.3 Å². The quantitative estimate of drug-likeness (QED) is 0.258. The van der Waals surface area contributed by atoms with Crippen molar-refractivity contribution in [1.82, 2.24) is 4.98 Å². The summed E-state index contributed by atoms with van der Waals surface area (Å²) in [7, 11) is 0. The number of nitrogen functional groups attached to an aromatic ring is 1. The van der Waals surface area contributed by atoms with E-state index in [1.54, 1.807) is 6.21 Å². The molecule has 0 aliphatic rings. The van der Waals surface area contributed by atoms with Crippen molar-refractivity contribution in [2.75, 3.05) is 0 Å². The first-order valence-corrected chi connectivity index (χ1v) is 6.48. The maximum Gasteiger partial charge on any atom is 0.122 e. The van der Waals surface area contributed by atoms with Gasteiger partial charge in [-0.05, 0) is 23.3 Å². The Balaban J connectivity index is 0.00000176. The Labute approximate surface area is 133 Å². The Kier molecular flexibility index (Phi) is 4.48. The number of rotatable bonds is 3. The van der Waals surface area contributed by atoms with E-state index in [1.807, 2.05) is 42.5 Å². The van der Waals surface area contributed by atoms with Crippen LogP contribution in [0.1, 0.15) is 11.1 Å². The lowest BCUT2D eigenvalue weighted by atomic mass is 10.1. The smallest absolute Gasteiger partial charge is 0.122 e. The third-order valence-corrected chi connectivity index (χ3v) is 3.38. The van der Waals surface area contributed by atoms with E-state index in [4.69, 9.17) is 17.0 Å². The molecular weight excluding hydrogens is 298 g/mol. The van der Waals surface area contributed by atoms with Crippen LogP contribution in [0.3, 0.4) is 0 Å². The van der Waals surface area contributed by atoms with E-state index in [0.717, 1.165) is 27.7 Å². The van der Waals surface area contributed by atoms with Gasteiger partial charge in [-0.15, -0.1) is 12.4 Å². The van der Waals surface area contributed by atoms with Crippen LogP contribution in [0, 0.1) is 5.41 Å². The highest BCUT2D eigenvalue weighted by Crippen LogP contribution is 2.25. The highest BCUT2D eigenvalue weighted by atomic mass is 35.5. The van der Waals surface area contributed by atoms with Crippen molar-refractivity contribution >= 4 is 35.4 Å². The van der Waals surface area contributed by atoms with Gasteiger partial charge in [0.05, 0.1) is 6.21 Å². The third-order valence-electron chi connectivity index (χ3n) is 3.38. The number of aromatic amines is 1. The second-order valence-electron chi connectivity index (χ2n) is 4.80. The summed E-state index contributed by atoms with van der Waals surface area (Å²) in [5.41, 5.74) is 10.2. The minimum Gasteiger partial charge on any atom is -0.384 e. The molecule has 112 valence electrons. The number of fused-ring (bicyclic) bond motifs is 1. The molecule has 1 aromatic heterocycles. The average Bonchev–Trinajstić information content (AvgIpc) is 2.91. The second kappa shape index (κ2) is 6.32. The molecule has 0 spiro atoms. The number of hydrogen-bond acceptors (Lipinski definition) is 3. The van der Waals surface area contributed by atoms with Gasteiger partial charge in [0.2, 0.25) is 0 Å². The van der Waals surface area contributed by atoms with Crippen molar-refractivity contribution in [3.63, 3.8) is 0 Å². The molecule has 22 heavy (non-hydrogen) atoms. The van der Waals surface area contributed by atoms with Gasteiger partial charge in [0.15, 0.2) is 0 Å². The van der Waals surface area contributed by atoms with Crippen LogP contribution in [0.15, 0.2) is 53.6 Å². The van der Waals surface area contributed by atoms with Crippen LogP contribution in [-0.2, 0) is 0 Å². The lowest BCUT2D eigenvalue weighted by Crippen LogP contribution is -2.10. The molecule has 0 aliphatic carbocycles. The highest BCUT2D eigenvalue weighted by molar-refractivity contribution is 5.99. The van der Waals surface area contributed by atoms with Gasteiger partial charge in [0.1, 0.15) is 5.84 Å². The van der Waals surface area contributed by atoms with Crippen molar-refractivity contribution in [2.45, 2.75) is 0 Å². The molecule has 0 unspecified atom stereocenters. The molecule has 0 radical (unpaired) electrons. The first-order chi connectivity index (χ1) is 10.2. The van der Waals surface area contributed by atoms with Crippen molar-refractivity contribution < 1.29 is 0 Å². The van der Waals surface area contributed by atoms with Gasteiger partial charge in [0, 0.05) is 22.2 Å². The molecular formula is C16H16ClN5. The zero-order valence-electron chi connectivity index (χ0n) is 11.7. The molecule has 0 saturated heterocycles. The van der Waals surface area contributed by atoms with Gasteiger partial charge >= 0.3 is 0 Å². The Morgan fingerprint density at radius 1 is 1.09 bits per heavy atom. The molecule has 0 aliphatic heterocycles. The summed E-state index contributed by atoms with van der Waals surface area (Å²) in [6.45, 7) is 0. The predicted molar refractivity (Wildman–Crippen MR) is 93.8 cm³/mol. The molecule has 0 atom stereocenters. The SMILES string of the molecule is Cl.N=C(N)c1ccc2cc(-c3ccc(C=NN)cc3)[nH]c2c1. The molecule has 0 bridgehead atoms. The molecule has 0 saturated carbocycles. The summed E-state index contributed by atoms with van der Waals surface area (Å²) in [4.78, 5) is 3.35. The van der Waals surface area contributed by atoms with Gasteiger partial charge in [-0.2, -0.15) is 5.10 Å². The van der Waals surface area contributed by atoms with Gasteiger partial charge in [0.25, 0.3) is 0 Å². The molecule has 3 rings (SSSR count). The van der Waals surface area contributed by atoms with E-state index < -0.39 is 0 Å². The average molecular weight is 314 g/mol. The van der Waals surface area contributed by atoms with Crippen LogP contribution in [0.5, 0.6) is 0 Å². The molecule has 5 nitrogen and oxygen atoms in total. The normalized spacial score (nSPS) is 10.7. The fourth-order valence-electron chi connectivity index (χ4n) is 2.28. The van der Waals surface area contributed by atoms with E-state index in [1.165, 1.54) is 0 Å². The number of nitrogens with zero attached hydrogens (tertiary/aromatic N) is 1. The third kappa shape index (κ3) is 2.94. The number of H-pyrrole nitrogens is 1. The number of halogens is 1. The first kappa shape index (κ1) is 15.6. The van der Waals surface area contributed by atoms with Gasteiger partial charge < -0.3 is 16.6 Å². The van der Waals surface area contributed by atoms with E-state index in [-0.39, 0.29) is 18.2 Å². The van der Waals surface area contributed by atoms with Gasteiger partial charge in [-0.25, -0.2) is 0 Å². The van der Waals surface area contributed by atoms with E-state index >= 15 is 0 Å². The predicted octanol–water partition coefficient (Wildman–Crippen LogP) is 2.83. The number of nitrogens with two attached hydrogens (primary N) is 2. The van der Waals surface area contributed by atoms with E-state index in [9.17, 15) is 0 Å². The van der Waals surface area contributed by atoms with Crippen LogP contribution < -0.4 is 11.6 Å². The molecule has 6 N–H and O–H groups in total. The highest BCUT2D eigenvalue weighted by Gasteiger charge is 2.05. The van der Waals surface area contributed by atoms with Crippen molar-refractivity contribution in [1.29, 1.82) is 5.41 Å². The standard InChI is InChI=1S/C16H15N5.ClH/c17-16(18)13-6-5-12-7-14(21-15(12)8-13)11-3-1-10(2-4-11)9-20-19;/h1-9,21H,19H2,(H3,17,18);1H. The minimum absolute atomic E-state index is 0.